The van der Waals surface area contributed by atoms with E-state index in [4.69, 9.17) is 0 Å². The molecule has 1 aliphatic rings. The van der Waals surface area contributed by atoms with Crippen molar-refractivity contribution in [1.29, 1.82) is 0 Å². The van der Waals surface area contributed by atoms with E-state index in [2.05, 4.69) is 18.2 Å². The Morgan fingerprint density at radius 2 is 1.52 bits per heavy atom. The highest BCUT2D eigenvalue weighted by molar-refractivity contribution is 5.63. The minimum atomic E-state index is -0.822. The smallest absolute Gasteiger partial charge is 0.159 e. The highest BCUT2D eigenvalue weighted by Gasteiger charge is 2.20. The zero-order valence-electron chi connectivity index (χ0n) is 14.2. The molecule has 25 heavy (non-hydrogen) atoms. The Hall–Kier alpha value is -2.03. The third kappa shape index (κ3) is 4.53. The zero-order chi connectivity index (χ0) is 17.6. The molecular formula is C22H23F3. The Morgan fingerprint density at radius 1 is 0.840 bits per heavy atom. The van der Waals surface area contributed by atoms with Gasteiger partial charge in [0.2, 0.25) is 0 Å². The number of rotatable bonds is 5. The second-order valence-electron chi connectivity index (χ2n) is 6.77. The van der Waals surface area contributed by atoms with Crippen LogP contribution >= 0.6 is 0 Å². The lowest BCUT2D eigenvalue weighted by molar-refractivity contribution is 0.375. The van der Waals surface area contributed by atoms with Crippen LogP contribution in [0.25, 0.3) is 11.1 Å². The molecule has 132 valence electrons. The quantitative estimate of drug-likeness (QED) is 0.522. The molecule has 0 nitrogen and oxygen atoms in total. The Balaban J connectivity index is 1.62. The maximum absolute atomic E-state index is 13.4. The van der Waals surface area contributed by atoms with Crippen LogP contribution in [0.5, 0.6) is 0 Å². The third-order valence-electron chi connectivity index (χ3n) is 5.09. The largest absolute Gasteiger partial charge is 0.251 e. The first-order valence-electron chi connectivity index (χ1n) is 8.95. The molecule has 0 N–H and O–H groups in total. The molecule has 0 saturated heterocycles. The van der Waals surface area contributed by atoms with Gasteiger partial charge in [-0.2, -0.15) is 0 Å². The number of allylic oxidation sites excluding steroid dienone is 2. The van der Waals surface area contributed by atoms with Crippen LogP contribution in [0, 0.1) is 17.6 Å². The number of halogens is 3. The molecule has 0 heterocycles. The molecule has 0 spiro atoms. The topological polar surface area (TPSA) is 0 Å². The lowest BCUT2D eigenvalue weighted by atomic mass is 9.78. The van der Waals surface area contributed by atoms with E-state index in [1.54, 1.807) is 6.07 Å². The van der Waals surface area contributed by atoms with Crippen molar-refractivity contribution in [3.63, 3.8) is 0 Å². The van der Waals surface area contributed by atoms with Crippen LogP contribution in [0.4, 0.5) is 13.2 Å². The highest BCUT2D eigenvalue weighted by Crippen LogP contribution is 2.37. The summed E-state index contributed by atoms with van der Waals surface area (Å²) in [6.45, 7) is -0.282. The first kappa shape index (κ1) is 17.8. The molecule has 0 radical (unpaired) electrons. The van der Waals surface area contributed by atoms with Gasteiger partial charge in [0.25, 0.3) is 0 Å². The van der Waals surface area contributed by atoms with E-state index in [-0.39, 0.29) is 6.67 Å². The minimum absolute atomic E-state index is 0.282. The predicted octanol–water partition coefficient (Wildman–Crippen LogP) is 6.82. The number of hydrogen-bond donors (Lipinski definition) is 0. The van der Waals surface area contributed by atoms with Gasteiger partial charge in [-0.25, -0.2) is 8.78 Å². The van der Waals surface area contributed by atoms with Crippen molar-refractivity contribution in [1.82, 2.24) is 0 Å². The van der Waals surface area contributed by atoms with Crippen molar-refractivity contribution >= 4 is 0 Å². The van der Waals surface area contributed by atoms with Crippen molar-refractivity contribution < 1.29 is 13.2 Å². The molecule has 3 heteroatoms. The fourth-order valence-corrected chi connectivity index (χ4v) is 3.62. The molecular weight excluding hydrogens is 321 g/mol. The summed E-state index contributed by atoms with van der Waals surface area (Å²) in [5.41, 5.74) is 2.88. The average Bonchev–Trinajstić information content (AvgIpc) is 2.65. The molecule has 2 aromatic carbocycles. The molecule has 3 rings (SSSR count). The van der Waals surface area contributed by atoms with Crippen LogP contribution in [0.15, 0.2) is 54.6 Å². The third-order valence-corrected chi connectivity index (χ3v) is 5.09. The van der Waals surface area contributed by atoms with E-state index < -0.39 is 11.6 Å². The normalized spacial score (nSPS) is 20.9. The van der Waals surface area contributed by atoms with Gasteiger partial charge in [-0.15, -0.1) is 0 Å². The second kappa shape index (κ2) is 8.37. The zero-order valence-corrected chi connectivity index (χ0v) is 14.2. The SMILES string of the molecule is FCCC=CC1CCC(c2ccc(-c3ccc(F)c(F)c3)cc2)CC1. The van der Waals surface area contributed by atoms with Crippen LogP contribution in [-0.4, -0.2) is 6.67 Å². The number of hydrogen-bond acceptors (Lipinski definition) is 0. The van der Waals surface area contributed by atoms with Gasteiger partial charge in [-0.3, -0.25) is 4.39 Å². The first-order valence-corrected chi connectivity index (χ1v) is 8.95. The van der Waals surface area contributed by atoms with Crippen molar-refractivity contribution in [2.75, 3.05) is 6.67 Å². The lowest BCUT2D eigenvalue weighted by Crippen LogP contribution is -2.11. The summed E-state index contributed by atoms with van der Waals surface area (Å²) in [6.07, 6.45) is 9.19. The van der Waals surface area contributed by atoms with Crippen molar-refractivity contribution in [2.24, 2.45) is 5.92 Å². The summed E-state index contributed by atoms with van der Waals surface area (Å²) >= 11 is 0. The molecule has 1 fully saturated rings. The van der Waals surface area contributed by atoms with E-state index in [0.717, 1.165) is 37.3 Å². The van der Waals surface area contributed by atoms with Crippen LogP contribution in [0.3, 0.4) is 0 Å². The molecule has 0 amide bonds. The highest BCUT2D eigenvalue weighted by atomic mass is 19.2. The lowest BCUT2D eigenvalue weighted by Gasteiger charge is -2.27. The average molecular weight is 344 g/mol. The molecule has 0 bridgehead atoms. The van der Waals surface area contributed by atoms with Crippen LogP contribution < -0.4 is 0 Å². The molecule has 0 atom stereocenters. The summed E-state index contributed by atoms with van der Waals surface area (Å²) in [5.74, 6) is -0.521. The Labute approximate surface area is 147 Å². The summed E-state index contributed by atoms with van der Waals surface area (Å²) < 4.78 is 38.6. The van der Waals surface area contributed by atoms with Gasteiger partial charge in [-0.05, 0) is 72.8 Å². The molecule has 2 aromatic rings. The summed E-state index contributed by atoms with van der Waals surface area (Å²) in [6, 6.07) is 12.2. The molecule has 0 aromatic heterocycles. The molecule has 0 unspecified atom stereocenters. The van der Waals surface area contributed by atoms with Gasteiger partial charge >= 0.3 is 0 Å². The van der Waals surface area contributed by atoms with Gasteiger partial charge in [0.05, 0.1) is 6.67 Å². The fraction of sp³-hybridized carbons (Fsp3) is 0.364. The van der Waals surface area contributed by atoms with Crippen LogP contribution in [-0.2, 0) is 0 Å². The van der Waals surface area contributed by atoms with Crippen LogP contribution in [0.1, 0.15) is 43.6 Å². The molecule has 1 saturated carbocycles. The van der Waals surface area contributed by atoms with E-state index in [0.29, 0.717) is 23.8 Å². The maximum Gasteiger partial charge on any atom is 0.159 e. The maximum atomic E-state index is 13.4. The van der Waals surface area contributed by atoms with Gasteiger partial charge in [0.15, 0.2) is 11.6 Å². The summed E-state index contributed by atoms with van der Waals surface area (Å²) in [7, 11) is 0. The Bertz CT molecular complexity index is 711. The predicted molar refractivity (Wildman–Crippen MR) is 96.2 cm³/mol. The van der Waals surface area contributed by atoms with E-state index in [9.17, 15) is 13.2 Å². The number of alkyl halides is 1. The van der Waals surface area contributed by atoms with Crippen molar-refractivity contribution in [3.8, 4) is 11.1 Å². The van der Waals surface area contributed by atoms with Crippen LogP contribution in [0.2, 0.25) is 0 Å². The monoisotopic (exact) mass is 344 g/mol. The van der Waals surface area contributed by atoms with E-state index in [1.807, 2.05) is 18.2 Å². The number of benzene rings is 2. The molecule has 0 aliphatic heterocycles. The Morgan fingerprint density at radius 3 is 2.16 bits per heavy atom. The standard InChI is InChI=1S/C22H23F3/c23-14-2-1-3-16-4-6-17(7-5-16)18-8-10-19(11-9-18)20-12-13-21(24)22(25)15-20/h1,3,8-13,15-17H,2,4-7,14H2. The van der Waals surface area contributed by atoms with Gasteiger partial charge < -0.3 is 0 Å². The first-order chi connectivity index (χ1) is 12.2. The second-order valence-corrected chi connectivity index (χ2v) is 6.77. The van der Waals surface area contributed by atoms with E-state index >= 15 is 0 Å². The van der Waals surface area contributed by atoms with E-state index in [1.165, 1.54) is 11.6 Å². The van der Waals surface area contributed by atoms with Gasteiger partial charge in [0.1, 0.15) is 0 Å². The minimum Gasteiger partial charge on any atom is -0.251 e. The summed E-state index contributed by atoms with van der Waals surface area (Å²) in [4.78, 5) is 0. The van der Waals surface area contributed by atoms with Gasteiger partial charge in [-0.1, -0.05) is 42.5 Å². The fourth-order valence-electron chi connectivity index (χ4n) is 3.62. The van der Waals surface area contributed by atoms with Crippen molar-refractivity contribution in [3.05, 3.63) is 71.8 Å². The van der Waals surface area contributed by atoms with Gasteiger partial charge in [0, 0.05) is 0 Å². The summed E-state index contributed by atoms with van der Waals surface area (Å²) in [5, 5.41) is 0. The van der Waals surface area contributed by atoms with Crippen molar-refractivity contribution in [2.45, 2.75) is 38.0 Å². The Kier molecular flexibility index (Phi) is 5.95. The molecule has 1 aliphatic carbocycles.